The summed E-state index contributed by atoms with van der Waals surface area (Å²) < 4.78 is 29.9. The van der Waals surface area contributed by atoms with Gasteiger partial charge >= 0.3 is 5.97 Å². The Labute approximate surface area is 265 Å². The average molecular weight is 636 g/mol. The lowest BCUT2D eigenvalue weighted by molar-refractivity contribution is -0.139. The smallest absolute Gasteiger partial charge is 0.338 e. The molecule has 0 aliphatic carbocycles. The zero-order valence-corrected chi connectivity index (χ0v) is 26.9. The predicted octanol–water partition coefficient (Wildman–Crippen LogP) is 3.22. The number of likely N-dealkylation sites (tertiary alicyclic amines) is 1. The molecule has 1 saturated heterocycles. The summed E-state index contributed by atoms with van der Waals surface area (Å²) in [5.41, 5.74) is 1.76. The second-order valence-corrected chi connectivity index (χ2v) is 11.4. The van der Waals surface area contributed by atoms with Crippen LogP contribution in [0.15, 0.2) is 57.5 Å². The number of carbonyl (C=O) groups excluding carboxylic acids is 2. The Morgan fingerprint density at radius 2 is 1.69 bits per heavy atom. The molecule has 0 bridgehead atoms. The standard InChI is InChI=1S/C33H37N3O8S/c1-6-42-26-18-22(11-13-23(26)40-4)30-29(32(39)43-7-2)20(3)34-33-36(30)31(38)27(45-33)17-21-10-12-24(25(16-21)41-5)44-19-28(37)35-14-8-9-15-35/h10-13,16-18,30H,6-9,14-15,19H2,1-5H3/b27-17+/t30-/m0/s1. The first-order valence-corrected chi connectivity index (χ1v) is 15.7. The Morgan fingerprint density at radius 3 is 2.38 bits per heavy atom. The molecule has 45 heavy (non-hydrogen) atoms. The maximum absolute atomic E-state index is 14.0. The van der Waals surface area contributed by atoms with E-state index in [0.29, 0.717) is 55.8 Å². The fourth-order valence-corrected chi connectivity index (χ4v) is 6.53. The van der Waals surface area contributed by atoms with Crippen LogP contribution in [0.3, 0.4) is 0 Å². The molecule has 1 amide bonds. The average Bonchev–Trinajstić information content (AvgIpc) is 3.68. The number of benzene rings is 2. The van der Waals surface area contributed by atoms with Crippen molar-refractivity contribution in [1.82, 2.24) is 9.47 Å². The molecule has 2 aliphatic heterocycles. The number of hydrogen-bond acceptors (Lipinski definition) is 10. The normalized spacial score (nSPS) is 16.2. The molecule has 5 rings (SSSR count). The number of fused-ring (bicyclic) bond motifs is 1. The third-order valence-corrected chi connectivity index (χ3v) is 8.60. The largest absolute Gasteiger partial charge is 0.493 e. The second kappa shape index (κ2) is 14.0. The molecule has 2 aromatic carbocycles. The number of methoxy groups -OCH3 is 2. The van der Waals surface area contributed by atoms with Crippen molar-refractivity contribution in [2.45, 2.75) is 39.7 Å². The van der Waals surface area contributed by atoms with E-state index in [-0.39, 0.29) is 30.3 Å². The number of aromatic nitrogens is 1. The number of hydrogen-bond donors (Lipinski definition) is 0. The summed E-state index contributed by atoms with van der Waals surface area (Å²) >= 11 is 1.22. The van der Waals surface area contributed by atoms with Crippen LogP contribution in [0.5, 0.6) is 23.0 Å². The first kappa shape index (κ1) is 31.8. The lowest BCUT2D eigenvalue weighted by Gasteiger charge is -2.25. The van der Waals surface area contributed by atoms with Gasteiger partial charge in [0.15, 0.2) is 34.4 Å². The van der Waals surface area contributed by atoms with Crippen molar-refractivity contribution in [3.8, 4) is 23.0 Å². The van der Waals surface area contributed by atoms with E-state index in [0.717, 1.165) is 25.9 Å². The highest BCUT2D eigenvalue weighted by atomic mass is 32.1. The molecule has 238 valence electrons. The number of thiazole rings is 1. The summed E-state index contributed by atoms with van der Waals surface area (Å²) in [6.45, 7) is 7.35. The van der Waals surface area contributed by atoms with Crippen LogP contribution in [0.25, 0.3) is 6.08 Å². The van der Waals surface area contributed by atoms with Gasteiger partial charge in [-0.2, -0.15) is 0 Å². The first-order valence-electron chi connectivity index (χ1n) is 14.9. The fraction of sp³-hybridized carbons (Fsp3) is 0.394. The number of esters is 1. The predicted molar refractivity (Wildman–Crippen MR) is 169 cm³/mol. The van der Waals surface area contributed by atoms with Gasteiger partial charge in [-0.05, 0) is 75.1 Å². The Kier molecular flexibility index (Phi) is 9.92. The highest BCUT2D eigenvalue weighted by Crippen LogP contribution is 2.36. The van der Waals surface area contributed by atoms with E-state index in [1.54, 1.807) is 68.3 Å². The number of allylic oxidation sites excluding steroid dienone is 1. The molecule has 1 fully saturated rings. The van der Waals surface area contributed by atoms with Gasteiger partial charge in [-0.1, -0.05) is 23.5 Å². The lowest BCUT2D eigenvalue weighted by atomic mass is 9.95. The highest BCUT2D eigenvalue weighted by molar-refractivity contribution is 7.07. The van der Waals surface area contributed by atoms with Crippen LogP contribution in [0, 0.1) is 0 Å². The Morgan fingerprint density at radius 1 is 0.956 bits per heavy atom. The van der Waals surface area contributed by atoms with Crippen molar-refractivity contribution in [3.63, 3.8) is 0 Å². The Hall–Kier alpha value is -4.58. The zero-order valence-electron chi connectivity index (χ0n) is 26.1. The van der Waals surface area contributed by atoms with Crippen molar-refractivity contribution < 1.29 is 33.3 Å². The van der Waals surface area contributed by atoms with Crippen LogP contribution in [0.1, 0.15) is 50.8 Å². The van der Waals surface area contributed by atoms with Crippen molar-refractivity contribution in [2.24, 2.45) is 4.99 Å². The third kappa shape index (κ3) is 6.60. The van der Waals surface area contributed by atoms with Crippen molar-refractivity contribution in [2.75, 3.05) is 47.1 Å². The summed E-state index contributed by atoms with van der Waals surface area (Å²) in [5.74, 6) is 1.29. The number of nitrogens with zero attached hydrogens (tertiary/aromatic N) is 3. The van der Waals surface area contributed by atoms with Crippen molar-refractivity contribution in [1.29, 1.82) is 0 Å². The van der Waals surface area contributed by atoms with E-state index in [1.807, 2.05) is 6.92 Å². The van der Waals surface area contributed by atoms with Gasteiger partial charge in [-0.3, -0.25) is 14.2 Å². The zero-order chi connectivity index (χ0) is 32.1. The quantitative estimate of drug-likeness (QED) is 0.295. The van der Waals surface area contributed by atoms with Crippen LogP contribution < -0.4 is 33.8 Å². The van der Waals surface area contributed by atoms with E-state index in [9.17, 15) is 14.4 Å². The van der Waals surface area contributed by atoms with Crippen LogP contribution >= 0.6 is 11.3 Å². The number of ether oxygens (including phenoxy) is 5. The van der Waals surface area contributed by atoms with Crippen LogP contribution in [-0.4, -0.2) is 68.5 Å². The van der Waals surface area contributed by atoms with Gasteiger partial charge < -0.3 is 28.6 Å². The van der Waals surface area contributed by atoms with Crippen LogP contribution in [0.4, 0.5) is 0 Å². The molecule has 3 aromatic rings. The molecule has 3 heterocycles. The van der Waals surface area contributed by atoms with E-state index < -0.39 is 12.0 Å². The van der Waals surface area contributed by atoms with Gasteiger partial charge in [0.2, 0.25) is 0 Å². The van der Waals surface area contributed by atoms with E-state index >= 15 is 0 Å². The Bertz CT molecular complexity index is 1800. The monoisotopic (exact) mass is 635 g/mol. The highest BCUT2D eigenvalue weighted by Gasteiger charge is 2.34. The molecule has 0 radical (unpaired) electrons. The Balaban J connectivity index is 1.54. The van der Waals surface area contributed by atoms with Gasteiger partial charge in [0.25, 0.3) is 11.5 Å². The van der Waals surface area contributed by atoms with Gasteiger partial charge in [-0.25, -0.2) is 9.79 Å². The fourth-order valence-electron chi connectivity index (χ4n) is 5.48. The molecule has 0 N–H and O–H groups in total. The molecular weight excluding hydrogens is 598 g/mol. The molecule has 11 nitrogen and oxygen atoms in total. The number of amides is 1. The maximum atomic E-state index is 14.0. The molecule has 1 atom stereocenters. The van der Waals surface area contributed by atoms with Gasteiger partial charge in [0.05, 0.1) is 49.3 Å². The SMILES string of the molecule is CCOC(=O)C1=C(C)N=c2s/c(=C/c3ccc(OCC(=O)N4CCCC4)c(OC)c3)c(=O)n2[C@H]1c1ccc(OC)c(OCC)c1. The number of rotatable bonds is 11. The summed E-state index contributed by atoms with van der Waals surface area (Å²) in [6, 6.07) is 9.80. The minimum absolute atomic E-state index is 0.0583. The van der Waals surface area contributed by atoms with E-state index in [2.05, 4.69) is 4.99 Å². The molecule has 0 saturated carbocycles. The molecule has 0 spiro atoms. The van der Waals surface area contributed by atoms with Crippen LogP contribution in [0.2, 0.25) is 0 Å². The molecular formula is C33H37N3O8S. The summed E-state index contributed by atoms with van der Waals surface area (Å²) in [6.07, 6.45) is 3.76. The minimum Gasteiger partial charge on any atom is -0.493 e. The molecule has 2 aliphatic rings. The van der Waals surface area contributed by atoms with Crippen molar-refractivity contribution in [3.05, 3.63) is 78.5 Å². The third-order valence-electron chi connectivity index (χ3n) is 7.62. The first-order chi connectivity index (χ1) is 21.8. The summed E-state index contributed by atoms with van der Waals surface area (Å²) in [5, 5.41) is 0. The van der Waals surface area contributed by atoms with Crippen LogP contribution in [-0.2, 0) is 14.3 Å². The van der Waals surface area contributed by atoms with Gasteiger partial charge in [0, 0.05) is 13.1 Å². The molecule has 12 heteroatoms. The molecule has 0 unspecified atom stereocenters. The van der Waals surface area contributed by atoms with E-state index in [1.165, 1.54) is 23.0 Å². The second-order valence-electron chi connectivity index (χ2n) is 10.4. The minimum atomic E-state index is -0.800. The molecule has 1 aromatic heterocycles. The van der Waals surface area contributed by atoms with Crippen molar-refractivity contribution >= 4 is 29.3 Å². The lowest BCUT2D eigenvalue weighted by Crippen LogP contribution is -2.40. The summed E-state index contributed by atoms with van der Waals surface area (Å²) in [7, 11) is 3.07. The van der Waals surface area contributed by atoms with E-state index in [4.69, 9.17) is 23.7 Å². The maximum Gasteiger partial charge on any atom is 0.338 e. The summed E-state index contributed by atoms with van der Waals surface area (Å²) in [4.78, 5) is 46.7. The van der Waals surface area contributed by atoms with Gasteiger partial charge in [-0.15, -0.1) is 0 Å². The number of carbonyl (C=O) groups is 2. The van der Waals surface area contributed by atoms with Gasteiger partial charge in [0.1, 0.15) is 0 Å². The topological polar surface area (TPSA) is 118 Å².